The quantitative estimate of drug-likeness (QED) is 0.759. The SMILES string of the molecule is Cc1ccc(C2(C)NC(=O)N(CC(=O)N(C)Cc3c(F)cccc3Cl)C2=O)cc1. The average molecular weight is 418 g/mol. The van der Waals surface area contributed by atoms with E-state index in [1.54, 1.807) is 19.1 Å². The first-order chi connectivity index (χ1) is 13.6. The van der Waals surface area contributed by atoms with Crippen LogP contribution in [-0.2, 0) is 21.7 Å². The van der Waals surface area contributed by atoms with Gasteiger partial charge in [0.2, 0.25) is 5.91 Å². The van der Waals surface area contributed by atoms with Gasteiger partial charge in [0.25, 0.3) is 5.91 Å². The van der Waals surface area contributed by atoms with E-state index in [2.05, 4.69) is 5.32 Å². The van der Waals surface area contributed by atoms with Crippen molar-refractivity contribution >= 4 is 29.4 Å². The number of hydrogen-bond acceptors (Lipinski definition) is 3. The first kappa shape index (κ1) is 20.8. The number of likely N-dealkylation sites (N-methyl/N-ethyl adjacent to an activating group) is 1. The molecule has 0 aliphatic carbocycles. The molecule has 1 fully saturated rings. The fourth-order valence-corrected chi connectivity index (χ4v) is 3.41. The molecule has 1 N–H and O–H groups in total. The maximum atomic E-state index is 14.0. The van der Waals surface area contributed by atoms with Gasteiger partial charge in [-0.2, -0.15) is 0 Å². The van der Waals surface area contributed by atoms with Crippen LogP contribution in [0.5, 0.6) is 0 Å². The summed E-state index contributed by atoms with van der Waals surface area (Å²) < 4.78 is 14.0. The van der Waals surface area contributed by atoms with Crippen molar-refractivity contribution in [3.8, 4) is 0 Å². The van der Waals surface area contributed by atoms with Gasteiger partial charge in [0.1, 0.15) is 17.9 Å². The third-order valence-electron chi connectivity index (χ3n) is 5.08. The predicted octanol–water partition coefficient (Wildman–Crippen LogP) is 3.21. The standard InChI is InChI=1S/C21H21ClFN3O3/c1-13-7-9-14(10-8-13)21(2)19(28)26(20(29)24-21)12-18(27)25(3)11-15-16(22)5-4-6-17(15)23/h4-10H,11-12H2,1-3H3,(H,24,29). The molecule has 0 aromatic heterocycles. The lowest BCUT2D eigenvalue weighted by Gasteiger charge is -2.23. The lowest BCUT2D eigenvalue weighted by atomic mass is 9.91. The van der Waals surface area contributed by atoms with Crippen LogP contribution in [0.4, 0.5) is 9.18 Å². The number of nitrogens with zero attached hydrogens (tertiary/aromatic N) is 2. The van der Waals surface area contributed by atoms with Gasteiger partial charge in [-0.05, 0) is 31.5 Å². The Morgan fingerprint density at radius 3 is 2.48 bits per heavy atom. The summed E-state index contributed by atoms with van der Waals surface area (Å²) in [6, 6.07) is 10.8. The molecule has 4 amide bonds. The third-order valence-corrected chi connectivity index (χ3v) is 5.43. The zero-order valence-corrected chi connectivity index (χ0v) is 17.1. The van der Waals surface area contributed by atoms with Crippen molar-refractivity contribution in [1.82, 2.24) is 15.1 Å². The number of urea groups is 1. The van der Waals surface area contributed by atoms with E-state index in [1.807, 2.05) is 19.1 Å². The smallest absolute Gasteiger partial charge is 0.325 e. The predicted molar refractivity (Wildman–Crippen MR) is 107 cm³/mol. The second kappa shape index (κ2) is 7.83. The molecule has 1 unspecified atom stereocenters. The van der Waals surface area contributed by atoms with E-state index in [-0.39, 0.29) is 17.1 Å². The molecule has 1 heterocycles. The Kier molecular flexibility index (Phi) is 5.61. The minimum Gasteiger partial charge on any atom is -0.340 e. The second-order valence-corrected chi connectivity index (χ2v) is 7.67. The van der Waals surface area contributed by atoms with Gasteiger partial charge in [0.05, 0.1) is 0 Å². The van der Waals surface area contributed by atoms with Crippen LogP contribution in [0, 0.1) is 12.7 Å². The highest BCUT2D eigenvalue weighted by atomic mass is 35.5. The van der Waals surface area contributed by atoms with Crippen molar-refractivity contribution in [3.63, 3.8) is 0 Å². The Balaban J connectivity index is 1.74. The molecule has 0 saturated carbocycles. The van der Waals surface area contributed by atoms with E-state index < -0.39 is 35.7 Å². The number of rotatable bonds is 5. The zero-order valence-electron chi connectivity index (χ0n) is 16.3. The van der Waals surface area contributed by atoms with E-state index in [9.17, 15) is 18.8 Å². The lowest BCUT2D eigenvalue weighted by molar-refractivity contribution is -0.138. The molecule has 1 aliphatic rings. The molecule has 1 saturated heterocycles. The summed E-state index contributed by atoms with van der Waals surface area (Å²) in [7, 11) is 1.46. The van der Waals surface area contributed by atoms with E-state index in [1.165, 1.54) is 30.1 Å². The fourth-order valence-electron chi connectivity index (χ4n) is 3.19. The maximum absolute atomic E-state index is 14.0. The van der Waals surface area contributed by atoms with Gasteiger partial charge < -0.3 is 10.2 Å². The highest BCUT2D eigenvalue weighted by molar-refractivity contribution is 6.31. The summed E-state index contributed by atoms with van der Waals surface area (Å²) in [6.45, 7) is 2.99. The highest BCUT2D eigenvalue weighted by Gasteiger charge is 2.49. The van der Waals surface area contributed by atoms with Crippen molar-refractivity contribution in [2.75, 3.05) is 13.6 Å². The number of nitrogens with one attached hydrogen (secondary N) is 1. The third kappa shape index (κ3) is 3.96. The second-order valence-electron chi connectivity index (χ2n) is 7.26. The first-order valence-corrected chi connectivity index (χ1v) is 9.39. The Bertz CT molecular complexity index is 959. The topological polar surface area (TPSA) is 69.7 Å². The summed E-state index contributed by atoms with van der Waals surface area (Å²) in [5.74, 6) is -1.56. The normalized spacial score (nSPS) is 18.7. The first-order valence-electron chi connectivity index (χ1n) is 9.01. The van der Waals surface area contributed by atoms with Crippen molar-refractivity contribution in [2.24, 2.45) is 0 Å². The molecular formula is C21H21ClFN3O3. The molecular weight excluding hydrogens is 397 g/mol. The molecule has 2 aromatic rings. The molecule has 3 rings (SSSR count). The maximum Gasteiger partial charge on any atom is 0.325 e. The number of benzene rings is 2. The molecule has 152 valence electrons. The van der Waals surface area contributed by atoms with Crippen molar-refractivity contribution in [3.05, 3.63) is 70.0 Å². The monoisotopic (exact) mass is 417 g/mol. The van der Waals surface area contributed by atoms with Crippen LogP contribution >= 0.6 is 11.6 Å². The molecule has 29 heavy (non-hydrogen) atoms. The largest absolute Gasteiger partial charge is 0.340 e. The molecule has 0 spiro atoms. The molecule has 1 aliphatic heterocycles. The summed E-state index contributed by atoms with van der Waals surface area (Å²) in [5, 5.41) is 2.86. The summed E-state index contributed by atoms with van der Waals surface area (Å²) in [6.07, 6.45) is 0. The zero-order chi connectivity index (χ0) is 21.3. The number of carbonyl (C=O) groups excluding carboxylic acids is 3. The minimum absolute atomic E-state index is 0.0801. The average Bonchev–Trinajstić information content (AvgIpc) is 2.89. The van der Waals surface area contributed by atoms with Crippen molar-refractivity contribution in [2.45, 2.75) is 25.9 Å². The summed E-state index contributed by atoms with van der Waals surface area (Å²) >= 11 is 6.00. The molecule has 0 radical (unpaired) electrons. The number of imide groups is 1. The van der Waals surface area contributed by atoms with Gasteiger partial charge in [-0.3, -0.25) is 14.5 Å². The van der Waals surface area contributed by atoms with E-state index in [0.29, 0.717) is 5.56 Å². The number of carbonyl (C=O) groups is 3. The Labute approximate surface area is 173 Å². The molecule has 0 bridgehead atoms. The highest BCUT2D eigenvalue weighted by Crippen LogP contribution is 2.29. The van der Waals surface area contributed by atoms with Gasteiger partial charge in [0.15, 0.2) is 0 Å². The van der Waals surface area contributed by atoms with E-state index in [0.717, 1.165) is 10.5 Å². The van der Waals surface area contributed by atoms with Gasteiger partial charge in [-0.1, -0.05) is 47.5 Å². The van der Waals surface area contributed by atoms with Crippen LogP contribution in [-0.4, -0.2) is 41.2 Å². The van der Waals surface area contributed by atoms with Gasteiger partial charge in [-0.15, -0.1) is 0 Å². The van der Waals surface area contributed by atoms with Gasteiger partial charge in [-0.25, -0.2) is 9.18 Å². The number of halogens is 2. The van der Waals surface area contributed by atoms with Crippen LogP contribution < -0.4 is 5.32 Å². The van der Waals surface area contributed by atoms with Gasteiger partial charge in [0, 0.05) is 24.2 Å². The van der Waals surface area contributed by atoms with Crippen molar-refractivity contribution < 1.29 is 18.8 Å². The van der Waals surface area contributed by atoms with Crippen LogP contribution in [0.25, 0.3) is 0 Å². The minimum atomic E-state index is -1.25. The van der Waals surface area contributed by atoms with Crippen molar-refractivity contribution in [1.29, 1.82) is 0 Å². The van der Waals surface area contributed by atoms with Crippen LogP contribution in [0.3, 0.4) is 0 Å². The summed E-state index contributed by atoms with van der Waals surface area (Å²) in [4.78, 5) is 40.0. The Morgan fingerprint density at radius 2 is 1.86 bits per heavy atom. The Hall–Kier alpha value is -2.93. The molecule has 8 heteroatoms. The molecule has 6 nitrogen and oxygen atoms in total. The van der Waals surface area contributed by atoms with Crippen LogP contribution in [0.15, 0.2) is 42.5 Å². The number of hydrogen-bond donors (Lipinski definition) is 1. The lowest BCUT2D eigenvalue weighted by Crippen LogP contribution is -2.43. The molecule has 1 atom stereocenters. The number of aryl methyl sites for hydroxylation is 1. The summed E-state index contributed by atoms with van der Waals surface area (Å²) in [5.41, 5.74) is 0.572. The Morgan fingerprint density at radius 1 is 1.21 bits per heavy atom. The van der Waals surface area contributed by atoms with Crippen LogP contribution in [0.1, 0.15) is 23.6 Å². The van der Waals surface area contributed by atoms with E-state index >= 15 is 0 Å². The van der Waals surface area contributed by atoms with E-state index in [4.69, 9.17) is 11.6 Å². The number of amides is 4. The van der Waals surface area contributed by atoms with Crippen LogP contribution in [0.2, 0.25) is 5.02 Å². The fraction of sp³-hybridized carbons (Fsp3) is 0.286. The molecule has 2 aromatic carbocycles. The van der Waals surface area contributed by atoms with Gasteiger partial charge >= 0.3 is 6.03 Å².